The quantitative estimate of drug-likeness (QED) is 0.379. The smallest absolute Gasteiger partial charge is 0.338 e. The maximum atomic E-state index is 11.0. The monoisotopic (exact) mass is 303 g/mol. The first kappa shape index (κ1) is 14.6. The number of hydrogen-bond donors (Lipinski definition) is 2. The Hall–Kier alpha value is -1.42. The van der Waals surface area contributed by atoms with E-state index in [1.807, 2.05) is 0 Å². The molecule has 0 amide bonds. The molecule has 1 aromatic rings. The molecule has 0 aliphatic carbocycles. The van der Waals surface area contributed by atoms with Gasteiger partial charge in [-0.2, -0.15) is 5.26 Å². The molecule has 0 fully saturated rings. The van der Waals surface area contributed by atoms with Gasteiger partial charge in [0.25, 0.3) is 0 Å². The van der Waals surface area contributed by atoms with Gasteiger partial charge in [0.15, 0.2) is 11.4 Å². The van der Waals surface area contributed by atoms with Crippen molar-refractivity contribution in [1.29, 1.82) is 5.26 Å². The third-order valence-electron chi connectivity index (χ3n) is 1.86. The van der Waals surface area contributed by atoms with Crippen LogP contribution in [0, 0.1) is 11.5 Å². The van der Waals surface area contributed by atoms with Crippen molar-refractivity contribution in [2.45, 2.75) is 0 Å². The third kappa shape index (κ3) is 3.29. The van der Waals surface area contributed by atoms with E-state index in [1.165, 1.54) is 23.9 Å². The summed E-state index contributed by atoms with van der Waals surface area (Å²) in [5, 5.41) is 20.1. The molecular formula is C10H7Cl2N3O2S. The number of aliphatic imine (C=N–C) groups is 1. The number of halogens is 2. The molecule has 2 N–H and O–H groups in total. The standard InChI is InChI=1S/C10H7Cl2N3O2S/c1-18-10(14-4-13)15-6-3-2-5(11)7(8(6)12)9(16)17/h2-3H,1H3,(H,14,15)(H,16,17). The summed E-state index contributed by atoms with van der Waals surface area (Å²) >= 11 is 12.9. The number of rotatable bonds is 2. The molecule has 0 saturated carbocycles. The van der Waals surface area contributed by atoms with Gasteiger partial charge in [-0.25, -0.2) is 9.79 Å². The lowest BCUT2D eigenvalue weighted by atomic mass is 10.2. The van der Waals surface area contributed by atoms with Gasteiger partial charge in [-0.15, -0.1) is 0 Å². The maximum Gasteiger partial charge on any atom is 0.338 e. The Morgan fingerprint density at radius 3 is 2.72 bits per heavy atom. The van der Waals surface area contributed by atoms with Gasteiger partial charge in [-0.1, -0.05) is 35.0 Å². The predicted molar refractivity (Wildman–Crippen MR) is 72.8 cm³/mol. The molecule has 0 bridgehead atoms. The molecule has 5 nitrogen and oxygen atoms in total. The zero-order valence-corrected chi connectivity index (χ0v) is 11.4. The second kappa shape index (κ2) is 6.50. The number of thioether (sulfide) groups is 1. The third-order valence-corrected chi connectivity index (χ3v) is 3.14. The fourth-order valence-electron chi connectivity index (χ4n) is 1.11. The summed E-state index contributed by atoms with van der Waals surface area (Å²) in [6.07, 6.45) is 3.43. The first-order valence-corrected chi connectivity index (χ1v) is 6.48. The lowest BCUT2D eigenvalue weighted by molar-refractivity contribution is 0.0697. The molecule has 0 aliphatic rings. The van der Waals surface area contributed by atoms with E-state index in [2.05, 4.69) is 10.3 Å². The molecule has 8 heteroatoms. The predicted octanol–water partition coefficient (Wildman–Crippen LogP) is 3.11. The van der Waals surface area contributed by atoms with Crippen molar-refractivity contribution in [3.05, 3.63) is 27.7 Å². The average molecular weight is 304 g/mol. The van der Waals surface area contributed by atoms with Crippen LogP contribution in [0.4, 0.5) is 5.69 Å². The number of nitrogens with zero attached hydrogens (tertiary/aromatic N) is 2. The van der Waals surface area contributed by atoms with Gasteiger partial charge in [0.05, 0.1) is 21.3 Å². The Balaban J connectivity index is 3.32. The summed E-state index contributed by atoms with van der Waals surface area (Å²) in [6.45, 7) is 0. The zero-order chi connectivity index (χ0) is 13.7. The van der Waals surface area contributed by atoms with Crippen LogP contribution in [-0.2, 0) is 0 Å². The molecule has 0 radical (unpaired) electrons. The summed E-state index contributed by atoms with van der Waals surface area (Å²) in [7, 11) is 0. The molecule has 1 aromatic carbocycles. The molecular weight excluding hydrogens is 297 g/mol. The fraction of sp³-hybridized carbons (Fsp3) is 0.100. The van der Waals surface area contributed by atoms with Crippen LogP contribution in [-0.4, -0.2) is 22.5 Å². The Kier molecular flexibility index (Phi) is 5.28. The normalized spacial score (nSPS) is 10.9. The lowest BCUT2D eigenvalue weighted by Gasteiger charge is -2.06. The number of carbonyl (C=O) groups is 1. The van der Waals surface area contributed by atoms with Gasteiger partial charge in [0.2, 0.25) is 0 Å². The molecule has 0 spiro atoms. The van der Waals surface area contributed by atoms with Crippen LogP contribution in [0.1, 0.15) is 10.4 Å². The molecule has 94 valence electrons. The van der Waals surface area contributed by atoms with Gasteiger partial charge in [0.1, 0.15) is 0 Å². The SMILES string of the molecule is CSC(=Nc1ccc(Cl)c(C(=O)O)c1Cl)NC#N. The number of aromatic carboxylic acids is 1. The highest BCUT2D eigenvalue weighted by Crippen LogP contribution is 2.33. The minimum atomic E-state index is -1.24. The van der Waals surface area contributed by atoms with Gasteiger partial charge < -0.3 is 5.11 Å². The van der Waals surface area contributed by atoms with Crippen molar-refractivity contribution in [2.75, 3.05) is 6.26 Å². The summed E-state index contributed by atoms with van der Waals surface area (Å²) in [4.78, 5) is 15.0. The van der Waals surface area contributed by atoms with E-state index in [-0.39, 0.29) is 21.3 Å². The van der Waals surface area contributed by atoms with Crippen LogP contribution in [0.25, 0.3) is 0 Å². The second-order valence-electron chi connectivity index (χ2n) is 2.92. The highest BCUT2D eigenvalue weighted by Gasteiger charge is 2.17. The van der Waals surface area contributed by atoms with Crippen molar-refractivity contribution >= 4 is 51.8 Å². The van der Waals surface area contributed by atoms with Crippen LogP contribution in [0.15, 0.2) is 17.1 Å². The fourth-order valence-corrected chi connectivity index (χ4v) is 2.02. The Morgan fingerprint density at radius 2 is 2.22 bits per heavy atom. The number of nitrogens with one attached hydrogen (secondary N) is 1. The van der Waals surface area contributed by atoms with Crippen LogP contribution < -0.4 is 5.32 Å². The zero-order valence-electron chi connectivity index (χ0n) is 9.07. The minimum Gasteiger partial charge on any atom is -0.478 e. The van der Waals surface area contributed by atoms with E-state index in [9.17, 15) is 4.79 Å². The summed E-state index contributed by atoms with van der Waals surface area (Å²) < 4.78 is 0. The molecule has 18 heavy (non-hydrogen) atoms. The Bertz CT molecular complexity index is 555. The van der Waals surface area contributed by atoms with E-state index < -0.39 is 5.97 Å². The van der Waals surface area contributed by atoms with Gasteiger partial charge in [-0.05, 0) is 18.4 Å². The van der Waals surface area contributed by atoms with Crippen LogP contribution in [0.2, 0.25) is 10.0 Å². The van der Waals surface area contributed by atoms with E-state index in [4.69, 9.17) is 33.6 Å². The van der Waals surface area contributed by atoms with Gasteiger partial charge in [-0.3, -0.25) is 5.32 Å². The Labute approximate surface area is 117 Å². The molecule has 0 aromatic heterocycles. The summed E-state index contributed by atoms with van der Waals surface area (Å²) in [5.41, 5.74) is 0.0163. The van der Waals surface area contributed by atoms with Crippen LogP contribution in [0.3, 0.4) is 0 Å². The number of amidine groups is 1. The van der Waals surface area contributed by atoms with Crippen molar-refractivity contribution < 1.29 is 9.90 Å². The molecule has 0 atom stereocenters. The second-order valence-corrected chi connectivity index (χ2v) is 4.50. The van der Waals surface area contributed by atoms with E-state index in [0.29, 0.717) is 5.17 Å². The van der Waals surface area contributed by atoms with Gasteiger partial charge in [0, 0.05) is 0 Å². The first-order chi connectivity index (χ1) is 8.51. The number of carboxylic acid groups (broad SMARTS) is 1. The van der Waals surface area contributed by atoms with Gasteiger partial charge >= 0.3 is 5.97 Å². The van der Waals surface area contributed by atoms with E-state index >= 15 is 0 Å². The minimum absolute atomic E-state index is 0.0328. The molecule has 0 aliphatic heterocycles. The molecule has 0 saturated heterocycles. The van der Waals surface area contributed by atoms with Crippen LogP contribution in [0.5, 0.6) is 0 Å². The molecule has 0 unspecified atom stereocenters. The number of nitriles is 1. The lowest BCUT2D eigenvalue weighted by Crippen LogP contribution is -2.12. The van der Waals surface area contributed by atoms with Crippen LogP contribution >= 0.6 is 35.0 Å². The highest BCUT2D eigenvalue weighted by atomic mass is 35.5. The first-order valence-electron chi connectivity index (χ1n) is 4.50. The van der Waals surface area contributed by atoms with Crippen molar-refractivity contribution in [2.24, 2.45) is 4.99 Å². The average Bonchev–Trinajstić information content (AvgIpc) is 2.31. The summed E-state index contributed by atoms with van der Waals surface area (Å²) in [5.74, 6) is -1.24. The number of carboxylic acids is 1. The topological polar surface area (TPSA) is 85.5 Å². The number of benzene rings is 1. The molecule has 0 heterocycles. The van der Waals surface area contributed by atoms with Crippen molar-refractivity contribution in [3.63, 3.8) is 0 Å². The van der Waals surface area contributed by atoms with Crippen molar-refractivity contribution in [1.82, 2.24) is 5.32 Å². The molecule has 1 rings (SSSR count). The van der Waals surface area contributed by atoms with E-state index in [0.717, 1.165) is 0 Å². The van der Waals surface area contributed by atoms with Crippen molar-refractivity contribution in [3.8, 4) is 6.19 Å². The number of hydrogen-bond acceptors (Lipinski definition) is 4. The maximum absolute atomic E-state index is 11.0. The summed E-state index contributed by atoms with van der Waals surface area (Å²) in [6, 6.07) is 2.87. The highest BCUT2D eigenvalue weighted by molar-refractivity contribution is 8.13. The Morgan fingerprint density at radius 1 is 1.56 bits per heavy atom. The largest absolute Gasteiger partial charge is 0.478 e. The van der Waals surface area contributed by atoms with E-state index in [1.54, 1.807) is 12.4 Å².